The first-order valence-corrected chi connectivity index (χ1v) is 7.10. The van der Waals surface area contributed by atoms with Crippen molar-refractivity contribution in [1.82, 2.24) is 9.55 Å². The van der Waals surface area contributed by atoms with Crippen molar-refractivity contribution in [2.75, 3.05) is 11.4 Å². The zero-order chi connectivity index (χ0) is 15.9. The van der Waals surface area contributed by atoms with Gasteiger partial charge in [0.05, 0.1) is 30.2 Å². The maximum absolute atomic E-state index is 11.1. The number of hydrogen-bond donors (Lipinski definition) is 1. The molecule has 1 aromatic heterocycles. The molecule has 0 spiro atoms. The summed E-state index contributed by atoms with van der Waals surface area (Å²) in [6, 6.07) is 8.99. The number of hydrogen-bond acceptors (Lipinski definition) is 4. The summed E-state index contributed by atoms with van der Waals surface area (Å²) < 4.78 is 1.99. The van der Waals surface area contributed by atoms with Crippen molar-refractivity contribution in [2.24, 2.45) is 0 Å². The van der Waals surface area contributed by atoms with E-state index >= 15 is 0 Å². The number of nitriles is 1. The molecular formula is C16H18N4O2. The predicted molar refractivity (Wildman–Crippen MR) is 82.4 cm³/mol. The molecule has 0 radical (unpaired) electrons. The molecule has 1 N–H and O–H groups in total. The number of benzene rings is 1. The molecule has 0 fully saturated rings. The summed E-state index contributed by atoms with van der Waals surface area (Å²) in [5.74, 6) is -0.921. The van der Waals surface area contributed by atoms with Crippen LogP contribution in [0.25, 0.3) is 0 Å². The molecule has 6 nitrogen and oxygen atoms in total. The molecule has 0 saturated carbocycles. The Balaban J connectivity index is 2.21. The van der Waals surface area contributed by atoms with Crippen LogP contribution < -0.4 is 4.90 Å². The number of aryl methyl sites for hydroxylation is 1. The summed E-state index contributed by atoms with van der Waals surface area (Å²) in [5, 5.41) is 18.1. The number of nitrogens with zero attached hydrogens (tertiary/aromatic N) is 4. The third-order valence-electron chi connectivity index (χ3n) is 3.19. The van der Waals surface area contributed by atoms with Crippen molar-refractivity contribution in [1.29, 1.82) is 5.26 Å². The van der Waals surface area contributed by atoms with Crippen molar-refractivity contribution in [3.05, 3.63) is 48.0 Å². The quantitative estimate of drug-likeness (QED) is 0.847. The van der Waals surface area contributed by atoms with Gasteiger partial charge in [-0.1, -0.05) is 13.0 Å². The summed E-state index contributed by atoms with van der Waals surface area (Å²) >= 11 is 0. The van der Waals surface area contributed by atoms with Gasteiger partial charge in [-0.15, -0.1) is 0 Å². The lowest BCUT2D eigenvalue weighted by Gasteiger charge is -2.22. The second-order valence-electron chi connectivity index (χ2n) is 5.01. The maximum atomic E-state index is 11.1. The third kappa shape index (κ3) is 4.09. The Kier molecular flexibility index (Phi) is 5.15. The van der Waals surface area contributed by atoms with E-state index in [1.165, 1.54) is 0 Å². The molecule has 0 aliphatic rings. The molecule has 0 saturated heterocycles. The maximum Gasteiger partial charge on any atom is 0.323 e. The number of carboxylic acids is 1. The molecule has 114 valence electrons. The SMILES string of the molecule is CCCn1cnc(CN(CC(=O)O)c2cccc(C#N)c2)c1. The number of imidazole rings is 1. The molecule has 2 aromatic rings. The number of aliphatic carboxylic acids is 1. The van der Waals surface area contributed by atoms with Gasteiger partial charge in [-0.3, -0.25) is 4.79 Å². The van der Waals surface area contributed by atoms with Gasteiger partial charge < -0.3 is 14.6 Å². The van der Waals surface area contributed by atoms with Gasteiger partial charge in [0.15, 0.2) is 0 Å². The van der Waals surface area contributed by atoms with Gasteiger partial charge >= 0.3 is 5.97 Å². The van der Waals surface area contributed by atoms with Gasteiger partial charge in [0.1, 0.15) is 6.54 Å². The summed E-state index contributed by atoms with van der Waals surface area (Å²) in [6.07, 6.45) is 4.69. The smallest absolute Gasteiger partial charge is 0.323 e. The molecule has 2 rings (SSSR count). The highest BCUT2D eigenvalue weighted by Gasteiger charge is 2.13. The number of anilines is 1. The number of rotatable bonds is 7. The Morgan fingerprint density at radius 3 is 3.00 bits per heavy atom. The highest BCUT2D eigenvalue weighted by Crippen LogP contribution is 2.18. The average Bonchev–Trinajstić information content (AvgIpc) is 2.94. The Morgan fingerprint density at radius 2 is 2.32 bits per heavy atom. The summed E-state index contributed by atoms with van der Waals surface area (Å²) in [4.78, 5) is 17.1. The van der Waals surface area contributed by atoms with Gasteiger partial charge in [-0.25, -0.2) is 4.98 Å². The van der Waals surface area contributed by atoms with E-state index in [-0.39, 0.29) is 6.54 Å². The highest BCUT2D eigenvalue weighted by molar-refractivity contribution is 5.74. The fourth-order valence-electron chi connectivity index (χ4n) is 2.24. The summed E-state index contributed by atoms with van der Waals surface area (Å²) in [5.41, 5.74) is 2.01. The van der Waals surface area contributed by atoms with E-state index in [1.807, 2.05) is 10.8 Å². The van der Waals surface area contributed by atoms with E-state index in [9.17, 15) is 4.79 Å². The Bertz CT molecular complexity index is 687. The fourth-order valence-corrected chi connectivity index (χ4v) is 2.24. The monoisotopic (exact) mass is 298 g/mol. The van der Waals surface area contributed by atoms with Crippen LogP contribution in [0, 0.1) is 11.3 Å². The minimum absolute atomic E-state index is 0.143. The van der Waals surface area contributed by atoms with Crippen LogP contribution in [-0.2, 0) is 17.9 Å². The average molecular weight is 298 g/mol. The molecule has 0 amide bonds. The number of carboxylic acid groups (broad SMARTS) is 1. The van der Waals surface area contributed by atoms with Crippen LogP contribution in [0.4, 0.5) is 5.69 Å². The predicted octanol–water partition coefficient (Wildman–Crippen LogP) is 2.26. The lowest BCUT2D eigenvalue weighted by Crippen LogP contribution is -2.29. The molecule has 1 aromatic carbocycles. The molecule has 0 bridgehead atoms. The van der Waals surface area contributed by atoms with Crippen LogP contribution in [-0.4, -0.2) is 27.2 Å². The van der Waals surface area contributed by atoms with Gasteiger partial charge in [0.25, 0.3) is 0 Å². The lowest BCUT2D eigenvalue weighted by molar-refractivity contribution is -0.135. The van der Waals surface area contributed by atoms with Gasteiger partial charge in [-0.2, -0.15) is 5.26 Å². The molecule has 0 aliphatic carbocycles. The zero-order valence-corrected chi connectivity index (χ0v) is 12.4. The van der Waals surface area contributed by atoms with Crippen molar-refractivity contribution in [3.8, 4) is 6.07 Å². The normalized spacial score (nSPS) is 10.2. The standard InChI is InChI=1S/C16H18N4O2/c1-2-6-19-9-14(18-12-19)10-20(11-16(21)22)15-5-3-4-13(7-15)8-17/h3-5,7,9,12H,2,6,10-11H2,1H3,(H,21,22). The van der Waals surface area contributed by atoms with Crippen molar-refractivity contribution in [2.45, 2.75) is 26.4 Å². The topological polar surface area (TPSA) is 82.2 Å². The van der Waals surface area contributed by atoms with Gasteiger partial charge in [0, 0.05) is 18.4 Å². The highest BCUT2D eigenvalue weighted by atomic mass is 16.4. The van der Waals surface area contributed by atoms with Crippen molar-refractivity contribution >= 4 is 11.7 Å². The van der Waals surface area contributed by atoms with E-state index < -0.39 is 5.97 Å². The van der Waals surface area contributed by atoms with Gasteiger partial charge in [0.2, 0.25) is 0 Å². The number of carbonyl (C=O) groups is 1. The molecule has 0 atom stereocenters. The third-order valence-corrected chi connectivity index (χ3v) is 3.19. The van der Waals surface area contributed by atoms with Crippen LogP contribution in [0.15, 0.2) is 36.8 Å². The molecule has 22 heavy (non-hydrogen) atoms. The zero-order valence-electron chi connectivity index (χ0n) is 12.4. The van der Waals surface area contributed by atoms with Crippen molar-refractivity contribution in [3.63, 3.8) is 0 Å². The van der Waals surface area contributed by atoms with Crippen LogP contribution in [0.3, 0.4) is 0 Å². The second kappa shape index (κ2) is 7.27. The largest absolute Gasteiger partial charge is 0.480 e. The minimum Gasteiger partial charge on any atom is -0.480 e. The van der Waals surface area contributed by atoms with E-state index in [2.05, 4.69) is 18.0 Å². The van der Waals surface area contributed by atoms with Crippen LogP contribution in [0.1, 0.15) is 24.6 Å². The molecule has 0 unspecified atom stereocenters. The molecular weight excluding hydrogens is 280 g/mol. The Morgan fingerprint density at radius 1 is 1.50 bits per heavy atom. The number of aromatic nitrogens is 2. The first kappa shape index (κ1) is 15.6. The van der Waals surface area contributed by atoms with Crippen LogP contribution in [0.2, 0.25) is 0 Å². The molecule has 6 heteroatoms. The summed E-state index contributed by atoms with van der Waals surface area (Å²) in [7, 11) is 0. The second-order valence-corrected chi connectivity index (χ2v) is 5.01. The summed E-state index contributed by atoms with van der Waals surface area (Å²) in [6.45, 7) is 3.22. The first-order chi connectivity index (χ1) is 10.6. The van der Waals surface area contributed by atoms with Crippen LogP contribution >= 0.6 is 0 Å². The van der Waals surface area contributed by atoms with Gasteiger partial charge in [-0.05, 0) is 24.6 Å². The van der Waals surface area contributed by atoms with E-state index in [1.54, 1.807) is 35.5 Å². The Labute approximate surface area is 129 Å². The Hall–Kier alpha value is -2.81. The van der Waals surface area contributed by atoms with Crippen LogP contribution in [0.5, 0.6) is 0 Å². The van der Waals surface area contributed by atoms with Crippen molar-refractivity contribution < 1.29 is 9.90 Å². The van der Waals surface area contributed by atoms with E-state index in [0.717, 1.165) is 18.7 Å². The molecule has 0 aliphatic heterocycles. The molecule has 1 heterocycles. The first-order valence-electron chi connectivity index (χ1n) is 7.10. The fraction of sp³-hybridized carbons (Fsp3) is 0.312. The lowest BCUT2D eigenvalue weighted by atomic mass is 10.2. The minimum atomic E-state index is -0.921. The van der Waals surface area contributed by atoms with E-state index in [0.29, 0.717) is 17.8 Å². The van der Waals surface area contributed by atoms with E-state index in [4.69, 9.17) is 10.4 Å².